The van der Waals surface area contributed by atoms with Crippen molar-refractivity contribution in [2.24, 2.45) is 17.8 Å². The summed E-state index contributed by atoms with van der Waals surface area (Å²) in [5, 5.41) is 10.1. The van der Waals surface area contributed by atoms with Crippen LogP contribution in [0.1, 0.15) is 84.6 Å². The maximum atomic E-state index is 11.8. The van der Waals surface area contributed by atoms with E-state index in [9.17, 15) is 4.79 Å². The van der Waals surface area contributed by atoms with E-state index in [1.165, 1.54) is 44.9 Å². The van der Waals surface area contributed by atoms with Crippen LogP contribution >= 0.6 is 0 Å². The maximum Gasteiger partial charge on any atom is 0.427 e. The number of nitrogens with zero attached hydrogens (tertiary/aromatic N) is 5. The van der Waals surface area contributed by atoms with E-state index in [0.717, 1.165) is 42.8 Å². The summed E-state index contributed by atoms with van der Waals surface area (Å²) in [6.07, 6.45) is 7.67. The molecule has 2 aliphatic heterocycles. The van der Waals surface area contributed by atoms with E-state index in [-0.39, 0.29) is 6.04 Å². The third-order valence-corrected chi connectivity index (χ3v) is 9.21. The number of hydroxylamine groups is 1. The lowest BCUT2D eigenvalue weighted by Crippen LogP contribution is -2.55. The molecule has 4 atom stereocenters. The number of carbonyl (C=O) groups excluding carboxylic acids is 1. The van der Waals surface area contributed by atoms with Gasteiger partial charge in [0.2, 0.25) is 5.95 Å². The number of aromatic nitrogens is 4. The number of imidazole rings is 1. The van der Waals surface area contributed by atoms with Gasteiger partial charge in [0.05, 0.1) is 0 Å². The van der Waals surface area contributed by atoms with Gasteiger partial charge in [-0.3, -0.25) is 5.32 Å². The van der Waals surface area contributed by atoms with Crippen molar-refractivity contribution in [2.45, 2.75) is 103 Å². The third kappa shape index (κ3) is 5.02. The molecule has 4 N–H and O–H groups in total. The topological polar surface area (TPSA) is 121 Å². The first-order valence-corrected chi connectivity index (χ1v) is 14.6. The smallest absolute Gasteiger partial charge is 0.365 e. The van der Waals surface area contributed by atoms with Gasteiger partial charge in [-0.1, -0.05) is 26.2 Å². The van der Waals surface area contributed by atoms with Crippen LogP contribution < -0.4 is 26.3 Å². The highest BCUT2D eigenvalue weighted by Crippen LogP contribution is 2.36. The van der Waals surface area contributed by atoms with Crippen LogP contribution in [0.3, 0.4) is 0 Å². The van der Waals surface area contributed by atoms with Gasteiger partial charge in [-0.25, -0.2) is 14.8 Å². The van der Waals surface area contributed by atoms with Crippen molar-refractivity contribution in [2.75, 3.05) is 23.3 Å². The van der Waals surface area contributed by atoms with E-state index in [1.54, 1.807) is 0 Å². The zero-order chi connectivity index (χ0) is 26.4. The van der Waals surface area contributed by atoms with Crippen molar-refractivity contribution in [1.82, 2.24) is 35.6 Å². The molecule has 38 heavy (non-hydrogen) atoms. The zero-order valence-electron chi connectivity index (χ0n) is 23.2. The Morgan fingerprint density at radius 2 is 1.87 bits per heavy atom. The minimum atomic E-state index is -0.613. The van der Waals surface area contributed by atoms with Crippen LogP contribution in [0.15, 0.2) is 0 Å². The highest BCUT2D eigenvalue weighted by molar-refractivity contribution is 5.86. The lowest BCUT2D eigenvalue weighted by atomic mass is 9.80. The monoisotopic (exact) mass is 525 g/mol. The zero-order valence-corrected chi connectivity index (χ0v) is 23.2. The molecule has 2 aliphatic carbocycles. The molecule has 0 bridgehead atoms. The summed E-state index contributed by atoms with van der Waals surface area (Å²) in [4.78, 5) is 34.2. The highest BCUT2D eigenvalue weighted by atomic mass is 16.7. The molecular formula is C27H43N9O2. The standard InChI is InChI=1S/C27H43N9O2/c1-15-8-10-19(11-9-15)14-36-21-22(29-18(4)20-6-5-7-20)30-24(25-33-27(37)38-34-25)31-23(21)32-26(36)35-13-16(2)28-12-17(35)3/h15-20,25,28,34H,5-14H2,1-4H3,(H,33,37)(H,29,30,31)/t15?,16-,17+,18+,19?,25?/m0/s1. The van der Waals surface area contributed by atoms with E-state index in [2.05, 4.69) is 58.6 Å². The number of rotatable bonds is 7. The average molecular weight is 526 g/mol. The quantitative estimate of drug-likeness (QED) is 0.429. The van der Waals surface area contributed by atoms with Crippen LogP contribution in [0.4, 0.5) is 16.6 Å². The summed E-state index contributed by atoms with van der Waals surface area (Å²) in [6, 6.07) is 0.982. The molecule has 1 amide bonds. The van der Waals surface area contributed by atoms with Gasteiger partial charge in [0.15, 0.2) is 23.5 Å². The predicted octanol–water partition coefficient (Wildman–Crippen LogP) is 3.68. The van der Waals surface area contributed by atoms with Crippen molar-refractivity contribution in [3.05, 3.63) is 5.82 Å². The number of fused-ring (bicyclic) bond motifs is 1. The van der Waals surface area contributed by atoms with Gasteiger partial charge in [0.25, 0.3) is 0 Å². The number of hydrogen-bond acceptors (Lipinski definition) is 9. The predicted molar refractivity (Wildman–Crippen MR) is 147 cm³/mol. The molecule has 4 fully saturated rings. The number of nitrogens with one attached hydrogen (secondary N) is 4. The molecule has 2 aromatic rings. The second kappa shape index (κ2) is 10.5. The summed E-state index contributed by atoms with van der Waals surface area (Å²) in [5.41, 5.74) is 4.35. The van der Waals surface area contributed by atoms with Crippen LogP contribution in [0.5, 0.6) is 0 Å². The Kier molecular flexibility index (Phi) is 7.07. The summed E-state index contributed by atoms with van der Waals surface area (Å²) in [7, 11) is 0. The van der Waals surface area contributed by atoms with E-state index in [0.29, 0.717) is 35.4 Å². The summed E-state index contributed by atoms with van der Waals surface area (Å²) in [6.45, 7) is 11.8. The first kappa shape index (κ1) is 25.6. The number of amides is 1. The molecule has 0 radical (unpaired) electrons. The molecule has 4 aliphatic rings. The average Bonchev–Trinajstić information content (AvgIpc) is 3.44. The van der Waals surface area contributed by atoms with Gasteiger partial charge in [0.1, 0.15) is 5.52 Å². The van der Waals surface area contributed by atoms with E-state index in [4.69, 9.17) is 19.8 Å². The Labute approximate surface area is 224 Å². The van der Waals surface area contributed by atoms with Crippen LogP contribution in [0, 0.1) is 17.8 Å². The Morgan fingerprint density at radius 3 is 2.55 bits per heavy atom. The maximum absolute atomic E-state index is 11.8. The van der Waals surface area contributed by atoms with Crippen molar-refractivity contribution >= 4 is 29.0 Å². The van der Waals surface area contributed by atoms with Gasteiger partial charge >= 0.3 is 6.09 Å². The summed E-state index contributed by atoms with van der Waals surface area (Å²) < 4.78 is 2.40. The first-order valence-electron chi connectivity index (χ1n) is 14.6. The molecule has 11 nitrogen and oxygen atoms in total. The number of piperazine rings is 1. The van der Waals surface area contributed by atoms with Crippen molar-refractivity contribution in [3.8, 4) is 0 Å². The fraction of sp³-hybridized carbons (Fsp3) is 0.778. The van der Waals surface area contributed by atoms with Gasteiger partial charge in [-0.05, 0) is 64.2 Å². The molecule has 1 unspecified atom stereocenters. The van der Waals surface area contributed by atoms with Crippen molar-refractivity contribution < 1.29 is 9.63 Å². The normalized spacial score (nSPS) is 31.1. The molecule has 2 saturated heterocycles. The Morgan fingerprint density at radius 1 is 1.08 bits per heavy atom. The molecule has 0 spiro atoms. The van der Waals surface area contributed by atoms with Crippen LogP contribution in [0.2, 0.25) is 0 Å². The van der Waals surface area contributed by atoms with Gasteiger partial charge < -0.3 is 24.9 Å². The molecule has 6 rings (SSSR count). The van der Waals surface area contributed by atoms with Gasteiger partial charge in [-0.15, -0.1) is 5.48 Å². The fourth-order valence-electron chi connectivity index (χ4n) is 6.41. The minimum Gasteiger partial charge on any atom is -0.365 e. The van der Waals surface area contributed by atoms with Gasteiger partial charge in [0, 0.05) is 37.8 Å². The van der Waals surface area contributed by atoms with Crippen molar-refractivity contribution in [1.29, 1.82) is 0 Å². The van der Waals surface area contributed by atoms with E-state index in [1.807, 2.05) is 0 Å². The third-order valence-electron chi connectivity index (χ3n) is 9.21. The lowest BCUT2D eigenvalue weighted by Gasteiger charge is -2.39. The molecular weight excluding hydrogens is 482 g/mol. The largest absolute Gasteiger partial charge is 0.427 e. The Hall–Kier alpha value is -2.66. The van der Waals surface area contributed by atoms with Crippen molar-refractivity contribution in [3.63, 3.8) is 0 Å². The SMILES string of the molecule is CC1CCC(Cn2c(N3C[C@H](C)NC[C@H]3C)nc3nc(C4NOC(=O)N4)nc(N[C@H](C)C4CCC4)c32)CC1. The second-order valence-electron chi connectivity index (χ2n) is 12.3. The number of hydrogen-bond donors (Lipinski definition) is 4. The first-order chi connectivity index (χ1) is 18.4. The van der Waals surface area contributed by atoms with Crippen LogP contribution in [-0.2, 0) is 11.4 Å². The number of anilines is 2. The highest BCUT2D eigenvalue weighted by Gasteiger charge is 2.34. The fourth-order valence-corrected chi connectivity index (χ4v) is 6.41. The summed E-state index contributed by atoms with van der Waals surface area (Å²) in [5.74, 6) is 4.29. The van der Waals surface area contributed by atoms with E-state index < -0.39 is 12.3 Å². The van der Waals surface area contributed by atoms with Crippen LogP contribution in [0.25, 0.3) is 11.2 Å². The molecule has 208 valence electrons. The molecule has 2 aromatic heterocycles. The number of carbonyl (C=O) groups is 1. The molecule has 11 heteroatoms. The van der Waals surface area contributed by atoms with E-state index >= 15 is 0 Å². The molecule has 0 aromatic carbocycles. The lowest BCUT2D eigenvalue weighted by molar-refractivity contribution is 0.120. The minimum absolute atomic E-state index is 0.289. The Bertz CT molecular complexity index is 1160. The van der Waals surface area contributed by atoms with Crippen LogP contribution in [-0.4, -0.2) is 56.8 Å². The summed E-state index contributed by atoms with van der Waals surface area (Å²) >= 11 is 0. The molecule has 2 saturated carbocycles. The Balaban J connectivity index is 1.45. The van der Waals surface area contributed by atoms with Gasteiger partial charge in [-0.2, -0.15) is 4.98 Å². The molecule has 4 heterocycles. The second-order valence-corrected chi connectivity index (χ2v) is 12.3.